The van der Waals surface area contributed by atoms with Crippen LogP contribution in [0, 0.1) is 12.7 Å². The molecule has 0 bridgehead atoms. The van der Waals surface area contributed by atoms with Crippen molar-refractivity contribution in [2.75, 3.05) is 25.6 Å². The van der Waals surface area contributed by atoms with Crippen molar-refractivity contribution in [2.24, 2.45) is 0 Å². The van der Waals surface area contributed by atoms with Crippen molar-refractivity contribution in [3.05, 3.63) is 46.2 Å². The number of nitrogens with one attached hydrogen (secondary N) is 1. The second-order valence-corrected chi connectivity index (χ2v) is 9.49. The van der Waals surface area contributed by atoms with Gasteiger partial charge in [-0.1, -0.05) is 30.5 Å². The number of methoxy groups -OCH3 is 1. The number of halogens is 2. The molecule has 0 unspecified atom stereocenters. The molecule has 0 atom stereocenters. The van der Waals surface area contributed by atoms with E-state index in [1.54, 1.807) is 13.0 Å². The standard InChI is InChI=1S/C26H31ClFNO5/c1-16-13-21(22(27)24(32-2)23(16)28)20-8-7-18(14-17(20)15-34-19-5-3-4-6-19)29-26(25(30)31)9-11-33-12-10-26/h7-8,13-14,19,29H,3-6,9-12,15H2,1-2H3,(H,30,31). The molecular weight excluding hydrogens is 461 g/mol. The number of rotatable bonds is 8. The van der Waals surface area contributed by atoms with E-state index in [9.17, 15) is 14.3 Å². The van der Waals surface area contributed by atoms with E-state index in [0.717, 1.165) is 36.8 Å². The minimum atomic E-state index is -1.09. The highest BCUT2D eigenvalue weighted by molar-refractivity contribution is 6.35. The Morgan fingerprint density at radius 1 is 1.24 bits per heavy atom. The van der Waals surface area contributed by atoms with Crippen molar-refractivity contribution in [1.29, 1.82) is 0 Å². The van der Waals surface area contributed by atoms with Crippen LogP contribution >= 0.6 is 11.6 Å². The molecular formula is C26H31ClFNO5. The van der Waals surface area contributed by atoms with Gasteiger partial charge in [-0.3, -0.25) is 0 Å². The van der Waals surface area contributed by atoms with Gasteiger partial charge in [-0.25, -0.2) is 9.18 Å². The predicted molar refractivity (Wildman–Crippen MR) is 129 cm³/mol. The van der Waals surface area contributed by atoms with E-state index in [-0.39, 0.29) is 16.9 Å². The number of hydrogen-bond donors (Lipinski definition) is 2. The van der Waals surface area contributed by atoms with Gasteiger partial charge in [0.25, 0.3) is 0 Å². The Hall–Kier alpha value is -2.35. The van der Waals surface area contributed by atoms with Crippen LogP contribution < -0.4 is 10.1 Å². The van der Waals surface area contributed by atoms with Crippen LogP contribution in [-0.4, -0.2) is 43.0 Å². The summed E-state index contributed by atoms with van der Waals surface area (Å²) < 4.78 is 31.4. The third kappa shape index (κ3) is 5.02. The van der Waals surface area contributed by atoms with Crippen LogP contribution in [0.5, 0.6) is 5.75 Å². The van der Waals surface area contributed by atoms with E-state index in [1.807, 2.05) is 18.2 Å². The highest BCUT2D eigenvalue weighted by Crippen LogP contribution is 2.41. The van der Waals surface area contributed by atoms with Crippen LogP contribution in [0.1, 0.15) is 49.7 Å². The Balaban J connectivity index is 1.73. The maximum absolute atomic E-state index is 14.5. The van der Waals surface area contributed by atoms with Gasteiger partial charge in [0.1, 0.15) is 5.54 Å². The summed E-state index contributed by atoms with van der Waals surface area (Å²) in [6.07, 6.45) is 5.31. The summed E-state index contributed by atoms with van der Waals surface area (Å²) in [4.78, 5) is 12.1. The average molecular weight is 492 g/mol. The lowest BCUT2D eigenvalue weighted by Crippen LogP contribution is -2.50. The van der Waals surface area contributed by atoms with E-state index in [2.05, 4.69) is 5.32 Å². The fraction of sp³-hybridized carbons (Fsp3) is 0.500. The molecule has 6 nitrogen and oxygen atoms in total. The van der Waals surface area contributed by atoms with E-state index in [1.165, 1.54) is 7.11 Å². The SMILES string of the molecule is COc1c(F)c(C)cc(-c2ccc(NC3(C(=O)O)CCOCC3)cc2COC2CCCC2)c1Cl. The highest BCUT2D eigenvalue weighted by Gasteiger charge is 2.40. The maximum Gasteiger partial charge on any atom is 0.329 e. The predicted octanol–water partition coefficient (Wildman–Crippen LogP) is 5.97. The molecule has 1 aliphatic carbocycles. The van der Waals surface area contributed by atoms with Crippen LogP contribution in [-0.2, 0) is 20.9 Å². The Morgan fingerprint density at radius 2 is 1.94 bits per heavy atom. The molecule has 0 aromatic heterocycles. The minimum Gasteiger partial charge on any atom is -0.492 e. The summed E-state index contributed by atoms with van der Waals surface area (Å²) in [6.45, 7) is 2.79. The number of aliphatic carboxylic acids is 1. The Morgan fingerprint density at radius 3 is 2.59 bits per heavy atom. The smallest absolute Gasteiger partial charge is 0.329 e. The average Bonchev–Trinajstić information content (AvgIpc) is 3.35. The maximum atomic E-state index is 14.5. The molecule has 1 saturated heterocycles. The van der Waals surface area contributed by atoms with Gasteiger partial charge in [0.15, 0.2) is 11.6 Å². The molecule has 4 rings (SSSR count). The fourth-order valence-corrected chi connectivity index (χ4v) is 5.14. The van der Waals surface area contributed by atoms with Crippen LogP contribution in [0.25, 0.3) is 11.1 Å². The summed E-state index contributed by atoms with van der Waals surface area (Å²) in [5.74, 6) is -1.37. The van der Waals surface area contributed by atoms with Crippen molar-refractivity contribution in [3.63, 3.8) is 0 Å². The lowest BCUT2D eigenvalue weighted by molar-refractivity contribution is -0.145. The van der Waals surface area contributed by atoms with Crippen molar-refractivity contribution in [3.8, 4) is 16.9 Å². The van der Waals surface area contributed by atoms with Gasteiger partial charge in [0.2, 0.25) is 0 Å². The molecule has 1 heterocycles. The van der Waals surface area contributed by atoms with Crippen molar-refractivity contribution in [1.82, 2.24) is 0 Å². The van der Waals surface area contributed by atoms with Crippen molar-refractivity contribution >= 4 is 23.3 Å². The second-order valence-electron chi connectivity index (χ2n) is 9.12. The summed E-state index contributed by atoms with van der Waals surface area (Å²) in [6, 6.07) is 7.32. The van der Waals surface area contributed by atoms with Gasteiger partial charge in [-0.05, 0) is 54.7 Å². The van der Waals surface area contributed by atoms with Gasteiger partial charge in [-0.2, -0.15) is 0 Å². The lowest BCUT2D eigenvalue weighted by Gasteiger charge is -2.35. The first-order chi connectivity index (χ1) is 16.3. The number of carbonyl (C=O) groups is 1. The molecule has 2 aromatic carbocycles. The molecule has 0 amide bonds. The fourth-order valence-electron chi connectivity index (χ4n) is 4.82. The molecule has 0 radical (unpaired) electrons. The Kier molecular flexibility index (Phi) is 7.65. The zero-order valence-electron chi connectivity index (χ0n) is 19.6. The number of carboxylic acids is 1. The monoisotopic (exact) mass is 491 g/mol. The third-order valence-corrected chi connectivity index (χ3v) is 7.23. The summed E-state index contributed by atoms with van der Waals surface area (Å²) in [5, 5.41) is 13.4. The molecule has 2 aromatic rings. The second kappa shape index (κ2) is 10.5. The molecule has 2 aliphatic rings. The van der Waals surface area contributed by atoms with Crippen LogP contribution in [0.3, 0.4) is 0 Å². The van der Waals surface area contributed by atoms with Crippen molar-refractivity contribution in [2.45, 2.75) is 63.7 Å². The molecule has 184 valence electrons. The van der Waals surface area contributed by atoms with Gasteiger partial charge < -0.3 is 24.6 Å². The zero-order chi connectivity index (χ0) is 24.3. The number of ether oxygens (including phenoxy) is 3. The summed E-state index contributed by atoms with van der Waals surface area (Å²) in [5.41, 5.74) is 2.31. The molecule has 8 heteroatoms. The topological polar surface area (TPSA) is 77.0 Å². The number of anilines is 1. The van der Waals surface area contributed by atoms with Crippen LogP contribution in [0.4, 0.5) is 10.1 Å². The highest BCUT2D eigenvalue weighted by atomic mass is 35.5. The lowest BCUT2D eigenvalue weighted by atomic mass is 9.89. The van der Waals surface area contributed by atoms with E-state index in [0.29, 0.717) is 49.5 Å². The first-order valence-corrected chi connectivity index (χ1v) is 12.1. The molecule has 2 N–H and O–H groups in total. The third-order valence-electron chi connectivity index (χ3n) is 6.86. The van der Waals surface area contributed by atoms with Gasteiger partial charge in [0.05, 0.1) is 24.8 Å². The van der Waals surface area contributed by atoms with E-state index < -0.39 is 17.3 Å². The first kappa shape index (κ1) is 24.8. The number of hydrogen-bond acceptors (Lipinski definition) is 5. The minimum absolute atomic E-state index is 0.00793. The van der Waals surface area contributed by atoms with Crippen LogP contribution in [0.15, 0.2) is 24.3 Å². The largest absolute Gasteiger partial charge is 0.492 e. The van der Waals surface area contributed by atoms with Gasteiger partial charge >= 0.3 is 5.97 Å². The number of aryl methyl sites for hydroxylation is 1. The zero-order valence-corrected chi connectivity index (χ0v) is 20.3. The molecule has 1 aliphatic heterocycles. The molecule has 0 spiro atoms. The molecule has 2 fully saturated rings. The first-order valence-electron chi connectivity index (χ1n) is 11.7. The van der Waals surface area contributed by atoms with Gasteiger partial charge in [-0.15, -0.1) is 0 Å². The van der Waals surface area contributed by atoms with E-state index >= 15 is 0 Å². The van der Waals surface area contributed by atoms with E-state index in [4.69, 9.17) is 25.8 Å². The van der Waals surface area contributed by atoms with Crippen molar-refractivity contribution < 1.29 is 28.5 Å². The number of benzene rings is 2. The molecule has 1 saturated carbocycles. The summed E-state index contributed by atoms with van der Waals surface area (Å²) in [7, 11) is 1.39. The van der Waals surface area contributed by atoms with Gasteiger partial charge in [0, 0.05) is 37.3 Å². The number of carboxylic acid groups (broad SMARTS) is 1. The molecule has 34 heavy (non-hydrogen) atoms. The quantitative estimate of drug-likeness (QED) is 0.474. The Labute approximate surface area is 204 Å². The van der Waals surface area contributed by atoms with Crippen LogP contribution in [0.2, 0.25) is 5.02 Å². The summed E-state index contributed by atoms with van der Waals surface area (Å²) >= 11 is 6.57. The normalized spacial score (nSPS) is 18.1. The Bertz CT molecular complexity index is 1050.